The molecule has 4 rings (SSSR count). The van der Waals surface area contributed by atoms with Gasteiger partial charge in [0.2, 0.25) is 5.91 Å². The van der Waals surface area contributed by atoms with E-state index in [9.17, 15) is 9.59 Å². The van der Waals surface area contributed by atoms with Gasteiger partial charge in [-0.25, -0.2) is 0 Å². The molecule has 0 spiro atoms. The van der Waals surface area contributed by atoms with Crippen LogP contribution in [0.3, 0.4) is 0 Å². The molecule has 0 aliphatic heterocycles. The molecular weight excluding hydrogens is 474 g/mol. The van der Waals surface area contributed by atoms with Crippen molar-refractivity contribution in [3.05, 3.63) is 119 Å². The maximum Gasteiger partial charge on any atom is 0.303 e. The van der Waals surface area contributed by atoms with Gasteiger partial charge in [0.1, 0.15) is 12.4 Å². The monoisotopic (exact) mass is 507 g/mol. The molecule has 38 heavy (non-hydrogen) atoms. The summed E-state index contributed by atoms with van der Waals surface area (Å²) in [5, 5.41) is 13.9. The molecule has 0 aliphatic rings. The summed E-state index contributed by atoms with van der Waals surface area (Å²) < 4.78 is 6.20. The van der Waals surface area contributed by atoms with E-state index in [1.807, 2.05) is 84.9 Å². The van der Waals surface area contributed by atoms with Crippen LogP contribution >= 0.6 is 0 Å². The topological polar surface area (TPSA) is 75.6 Å². The second-order valence-corrected chi connectivity index (χ2v) is 9.34. The highest BCUT2D eigenvalue weighted by Gasteiger charge is 2.12. The van der Waals surface area contributed by atoms with E-state index in [1.165, 1.54) is 11.1 Å². The Balaban J connectivity index is 1.55. The highest BCUT2D eigenvalue weighted by atomic mass is 16.5. The maximum atomic E-state index is 12.9. The van der Waals surface area contributed by atoms with Crippen LogP contribution < -0.4 is 10.1 Å². The number of aliphatic carboxylic acids is 1. The first-order valence-corrected chi connectivity index (χ1v) is 12.9. The fourth-order valence-electron chi connectivity index (χ4n) is 4.45. The van der Waals surface area contributed by atoms with E-state index in [0.29, 0.717) is 19.6 Å². The van der Waals surface area contributed by atoms with Gasteiger partial charge in [-0.15, -0.1) is 0 Å². The fourth-order valence-corrected chi connectivity index (χ4v) is 4.45. The number of fused-ring (bicyclic) bond motifs is 1. The number of carboxylic acids is 1. The van der Waals surface area contributed by atoms with Crippen LogP contribution in [0.25, 0.3) is 16.8 Å². The highest BCUT2D eigenvalue weighted by molar-refractivity contribution is 5.95. The minimum Gasteiger partial charge on any atom is -0.488 e. The molecule has 194 valence electrons. The van der Waals surface area contributed by atoms with Crippen LogP contribution in [0, 0.1) is 6.92 Å². The summed E-state index contributed by atoms with van der Waals surface area (Å²) in [7, 11) is 0. The van der Waals surface area contributed by atoms with Crippen LogP contribution in [-0.4, -0.2) is 23.5 Å². The van der Waals surface area contributed by atoms with Crippen molar-refractivity contribution in [3.8, 4) is 5.75 Å². The lowest BCUT2D eigenvalue weighted by Gasteiger charge is -2.14. The SMILES string of the molecule is Cc1ccccc1CCNC(=O)Cc1cc(/C=C/CCC(=O)O)cc2c(OCc3ccccc3)cccc12. The summed E-state index contributed by atoms with van der Waals surface area (Å²) in [6.07, 6.45) is 5.30. The first-order chi connectivity index (χ1) is 18.5. The number of nitrogens with one attached hydrogen (secondary N) is 1. The molecule has 0 saturated heterocycles. The quantitative estimate of drug-likeness (QED) is 0.229. The predicted octanol–water partition coefficient (Wildman–Crippen LogP) is 6.51. The standard InChI is InChI=1S/C33H33NO4/c1-24-10-5-7-14-27(24)18-19-34-32(35)22-28-20-26(13-6-8-17-33(36)37)21-30-29(28)15-9-16-31(30)38-23-25-11-3-2-4-12-25/h2-7,9-16,20-21H,8,17-19,22-23H2,1H3,(H,34,35)(H,36,37)/b13-6+. The summed E-state index contributed by atoms with van der Waals surface area (Å²) in [4.78, 5) is 23.8. The second kappa shape index (κ2) is 13.2. The average Bonchev–Trinajstić information content (AvgIpc) is 2.91. The van der Waals surface area contributed by atoms with Crippen LogP contribution in [0.2, 0.25) is 0 Å². The Morgan fingerprint density at radius 2 is 1.68 bits per heavy atom. The number of ether oxygens (including phenoxy) is 1. The lowest BCUT2D eigenvalue weighted by molar-refractivity contribution is -0.136. The molecule has 4 aromatic carbocycles. The second-order valence-electron chi connectivity index (χ2n) is 9.34. The molecule has 0 aliphatic carbocycles. The summed E-state index contributed by atoms with van der Waals surface area (Å²) in [5.41, 5.74) is 5.33. The van der Waals surface area contributed by atoms with Crippen molar-refractivity contribution in [2.45, 2.75) is 39.2 Å². The molecular formula is C33H33NO4. The largest absolute Gasteiger partial charge is 0.488 e. The molecule has 0 fully saturated rings. The zero-order valence-electron chi connectivity index (χ0n) is 21.7. The molecule has 0 atom stereocenters. The Hall–Kier alpha value is -4.38. The third-order valence-electron chi connectivity index (χ3n) is 6.47. The van der Waals surface area contributed by atoms with Gasteiger partial charge in [0.05, 0.1) is 6.42 Å². The number of hydrogen-bond acceptors (Lipinski definition) is 3. The number of rotatable bonds is 12. The number of allylic oxidation sites excluding steroid dienone is 1. The number of aryl methyl sites for hydroxylation is 1. The number of carbonyl (C=O) groups excluding carboxylic acids is 1. The Morgan fingerprint density at radius 3 is 2.47 bits per heavy atom. The van der Waals surface area contributed by atoms with Gasteiger partial charge < -0.3 is 15.2 Å². The first-order valence-electron chi connectivity index (χ1n) is 12.9. The maximum absolute atomic E-state index is 12.9. The summed E-state index contributed by atoms with van der Waals surface area (Å²) in [6, 6.07) is 28.1. The van der Waals surface area contributed by atoms with Crippen molar-refractivity contribution < 1.29 is 19.4 Å². The minimum absolute atomic E-state index is 0.0394. The Morgan fingerprint density at radius 1 is 0.895 bits per heavy atom. The molecule has 2 N–H and O–H groups in total. The molecule has 5 nitrogen and oxygen atoms in total. The Labute approximate surface area is 223 Å². The van der Waals surface area contributed by atoms with E-state index < -0.39 is 5.97 Å². The van der Waals surface area contributed by atoms with Gasteiger partial charge in [0, 0.05) is 18.4 Å². The lowest BCUT2D eigenvalue weighted by atomic mass is 9.97. The van der Waals surface area contributed by atoms with Gasteiger partial charge in [-0.3, -0.25) is 9.59 Å². The molecule has 0 heterocycles. The molecule has 4 aromatic rings. The van der Waals surface area contributed by atoms with Crippen LogP contribution in [0.1, 0.15) is 40.7 Å². The van der Waals surface area contributed by atoms with Crippen molar-refractivity contribution in [1.82, 2.24) is 5.32 Å². The van der Waals surface area contributed by atoms with Crippen molar-refractivity contribution >= 4 is 28.7 Å². The minimum atomic E-state index is -0.826. The first kappa shape index (κ1) is 26.7. The zero-order chi connectivity index (χ0) is 26.7. The third-order valence-corrected chi connectivity index (χ3v) is 6.47. The van der Waals surface area contributed by atoms with Gasteiger partial charge in [-0.1, -0.05) is 84.9 Å². The summed E-state index contributed by atoms with van der Waals surface area (Å²) in [5.74, 6) is -0.122. The van der Waals surface area contributed by atoms with E-state index in [1.54, 1.807) is 0 Å². The van der Waals surface area contributed by atoms with Crippen LogP contribution in [-0.2, 0) is 29.0 Å². The van der Waals surface area contributed by atoms with E-state index >= 15 is 0 Å². The van der Waals surface area contributed by atoms with Gasteiger partial charge in [-0.2, -0.15) is 0 Å². The van der Waals surface area contributed by atoms with Gasteiger partial charge in [0.15, 0.2) is 0 Å². The fraction of sp³-hybridized carbons (Fsp3) is 0.212. The summed E-state index contributed by atoms with van der Waals surface area (Å²) >= 11 is 0. The van der Waals surface area contributed by atoms with Crippen molar-refractivity contribution in [3.63, 3.8) is 0 Å². The van der Waals surface area contributed by atoms with E-state index in [0.717, 1.165) is 39.6 Å². The van der Waals surface area contributed by atoms with Crippen molar-refractivity contribution in [1.29, 1.82) is 0 Å². The molecule has 0 bridgehead atoms. The average molecular weight is 508 g/mol. The number of hydrogen-bond donors (Lipinski definition) is 2. The Bertz CT molecular complexity index is 1430. The van der Waals surface area contributed by atoms with Crippen LogP contribution in [0.5, 0.6) is 5.75 Å². The molecule has 0 unspecified atom stereocenters. The third kappa shape index (κ3) is 7.56. The van der Waals surface area contributed by atoms with Crippen molar-refractivity contribution in [2.24, 2.45) is 0 Å². The predicted molar refractivity (Wildman–Crippen MR) is 152 cm³/mol. The molecule has 1 amide bonds. The normalized spacial score (nSPS) is 11.1. The van der Waals surface area contributed by atoms with E-state index in [4.69, 9.17) is 9.84 Å². The zero-order valence-corrected chi connectivity index (χ0v) is 21.7. The van der Waals surface area contributed by atoms with Crippen LogP contribution in [0.15, 0.2) is 91.0 Å². The molecule has 0 aromatic heterocycles. The Kier molecular flexibility index (Phi) is 9.30. The highest BCUT2D eigenvalue weighted by Crippen LogP contribution is 2.31. The number of carbonyl (C=O) groups is 2. The molecule has 0 saturated carbocycles. The number of amides is 1. The van der Waals surface area contributed by atoms with Gasteiger partial charge in [-0.05, 0) is 65.1 Å². The van der Waals surface area contributed by atoms with Gasteiger partial charge in [0.25, 0.3) is 0 Å². The van der Waals surface area contributed by atoms with Crippen LogP contribution in [0.4, 0.5) is 0 Å². The van der Waals surface area contributed by atoms with Crippen molar-refractivity contribution in [2.75, 3.05) is 6.54 Å². The number of benzene rings is 4. The smallest absolute Gasteiger partial charge is 0.303 e. The lowest BCUT2D eigenvalue weighted by Crippen LogP contribution is -2.27. The number of carboxylic acid groups (broad SMARTS) is 1. The molecule has 0 radical (unpaired) electrons. The van der Waals surface area contributed by atoms with E-state index in [2.05, 4.69) is 24.4 Å². The van der Waals surface area contributed by atoms with Gasteiger partial charge >= 0.3 is 5.97 Å². The molecule has 5 heteroatoms. The summed E-state index contributed by atoms with van der Waals surface area (Å²) in [6.45, 7) is 3.09. The van der Waals surface area contributed by atoms with E-state index in [-0.39, 0.29) is 18.7 Å².